The van der Waals surface area contributed by atoms with Gasteiger partial charge in [-0.2, -0.15) is 0 Å². The zero-order valence-electron chi connectivity index (χ0n) is 17.3. The van der Waals surface area contributed by atoms with Gasteiger partial charge in [0.15, 0.2) is 6.10 Å². The third-order valence-electron chi connectivity index (χ3n) is 4.50. The number of nitrogens with one attached hydrogen (secondary N) is 2. The summed E-state index contributed by atoms with van der Waals surface area (Å²) in [7, 11) is 0. The van der Waals surface area contributed by atoms with Gasteiger partial charge in [0, 0.05) is 36.8 Å². The minimum atomic E-state index is -1.53. The molecular weight excluding hydrogens is 432 g/mol. The number of carboxylic acid groups (broad SMARTS) is 1. The third-order valence-corrected chi connectivity index (χ3v) is 5.32. The highest BCUT2D eigenvalue weighted by atomic mass is 32.2. The van der Waals surface area contributed by atoms with Crippen molar-refractivity contribution in [2.75, 3.05) is 25.4 Å². The number of aliphatic carboxylic acids is 1. The number of thioether (sulfide) groups is 1. The van der Waals surface area contributed by atoms with Gasteiger partial charge in [-0.25, -0.2) is 4.79 Å². The van der Waals surface area contributed by atoms with Crippen molar-refractivity contribution in [2.45, 2.75) is 45.2 Å². The highest BCUT2D eigenvalue weighted by molar-refractivity contribution is 8.14. The van der Waals surface area contributed by atoms with Crippen LogP contribution in [-0.4, -0.2) is 71.5 Å². The van der Waals surface area contributed by atoms with E-state index in [1.807, 2.05) is 0 Å². The lowest BCUT2D eigenvalue weighted by atomic mass is 9.85. The number of hydrogen-bond acceptors (Lipinski definition) is 9. The van der Waals surface area contributed by atoms with Crippen molar-refractivity contribution in [3.05, 3.63) is 12.2 Å². The van der Waals surface area contributed by atoms with E-state index in [0.29, 0.717) is 0 Å². The maximum Gasteiger partial charge on any atom is 0.330 e. The van der Waals surface area contributed by atoms with E-state index in [1.54, 1.807) is 13.8 Å². The van der Waals surface area contributed by atoms with Gasteiger partial charge in [0.25, 0.3) is 0 Å². The van der Waals surface area contributed by atoms with Crippen LogP contribution < -0.4 is 10.6 Å². The number of rotatable bonds is 9. The fourth-order valence-corrected chi connectivity index (χ4v) is 3.45. The summed E-state index contributed by atoms with van der Waals surface area (Å²) in [5.74, 6) is -3.66. The molecule has 2 aliphatic heterocycles. The maximum atomic E-state index is 12.6. The largest absolute Gasteiger partial charge is 0.478 e. The number of carbonyl (C=O) groups excluding carboxylic acids is 4. The van der Waals surface area contributed by atoms with E-state index >= 15 is 0 Å². The molecule has 2 atom stereocenters. The lowest BCUT2D eigenvalue weighted by Crippen LogP contribution is -2.58. The summed E-state index contributed by atoms with van der Waals surface area (Å²) in [5.41, 5.74) is -0.661. The lowest BCUT2D eigenvalue weighted by molar-refractivity contribution is -0.404. The van der Waals surface area contributed by atoms with Crippen LogP contribution in [0.15, 0.2) is 12.2 Å². The van der Waals surface area contributed by atoms with E-state index in [1.165, 1.54) is 0 Å². The van der Waals surface area contributed by atoms with E-state index in [2.05, 4.69) is 10.6 Å². The fraction of sp³-hybridized carbons (Fsp3) is 0.632. The first-order chi connectivity index (χ1) is 14.5. The van der Waals surface area contributed by atoms with Crippen molar-refractivity contribution >= 4 is 40.6 Å². The van der Waals surface area contributed by atoms with E-state index in [4.69, 9.17) is 19.3 Å². The molecule has 0 saturated carbocycles. The van der Waals surface area contributed by atoms with Crippen molar-refractivity contribution in [1.29, 1.82) is 0 Å². The molecule has 2 fully saturated rings. The zero-order chi connectivity index (χ0) is 23.1. The van der Waals surface area contributed by atoms with Gasteiger partial charge in [0.2, 0.25) is 16.9 Å². The van der Waals surface area contributed by atoms with Gasteiger partial charge in [-0.1, -0.05) is 25.6 Å². The van der Waals surface area contributed by atoms with Crippen LogP contribution >= 0.6 is 11.8 Å². The second kappa shape index (κ2) is 10.7. The molecule has 172 valence electrons. The van der Waals surface area contributed by atoms with Gasteiger partial charge in [-0.05, 0) is 6.08 Å². The average Bonchev–Trinajstić information content (AvgIpc) is 3.06. The van der Waals surface area contributed by atoms with Gasteiger partial charge in [0.1, 0.15) is 0 Å². The molecule has 2 rings (SSSR count). The summed E-state index contributed by atoms with van der Waals surface area (Å²) in [6.45, 7) is 4.03. The Kier molecular flexibility index (Phi) is 8.60. The molecule has 11 nitrogen and oxygen atoms in total. The molecule has 0 bridgehead atoms. The molecule has 2 heterocycles. The number of carboxylic acids is 1. The number of carbonyl (C=O) groups is 5. The molecule has 0 aromatic heterocycles. The first kappa shape index (κ1) is 24.8. The molecule has 0 aromatic rings. The minimum absolute atomic E-state index is 0.0209. The molecule has 31 heavy (non-hydrogen) atoms. The van der Waals surface area contributed by atoms with E-state index < -0.39 is 40.5 Å². The van der Waals surface area contributed by atoms with Gasteiger partial charge in [0.05, 0.1) is 19.4 Å². The van der Waals surface area contributed by atoms with Gasteiger partial charge < -0.3 is 30.0 Å². The lowest BCUT2D eigenvalue weighted by Gasteiger charge is -2.44. The van der Waals surface area contributed by atoms with Gasteiger partial charge >= 0.3 is 17.9 Å². The molecule has 1 spiro atoms. The third kappa shape index (κ3) is 7.64. The highest BCUT2D eigenvalue weighted by Gasteiger charge is 2.54. The fourth-order valence-electron chi connectivity index (χ4n) is 2.88. The summed E-state index contributed by atoms with van der Waals surface area (Å²) >= 11 is 0.879. The van der Waals surface area contributed by atoms with Crippen molar-refractivity contribution in [3.63, 3.8) is 0 Å². The molecule has 1 unspecified atom stereocenters. The van der Waals surface area contributed by atoms with Crippen LogP contribution in [0.5, 0.6) is 0 Å². The Balaban J connectivity index is 1.69. The van der Waals surface area contributed by atoms with Crippen molar-refractivity contribution in [3.8, 4) is 0 Å². The van der Waals surface area contributed by atoms with Crippen LogP contribution in [0.1, 0.15) is 33.1 Å². The van der Waals surface area contributed by atoms with E-state index in [0.717, 1.165) is 23.9 Å². The number of esters is 1. The van der Waals surface area contributed by atoms with Gasteiger partial charge in [-0.3, -0.25) is 19.2 Å². The summed E-state index contributed by atoms with van der Waals surface area (Å²) in [6, 6.07) is 0. The second-order valence-corrected chi connectivity index (χ2v) is 8.76. The minimum Gasteiger partial charge on any atom is -0.478 e. The quantitative estimate of drug-likeness (QED) is 0.243. The summed E-state index contributed by atoms with van der Waals surface area (Å²) in [5, 5.41) is 13.3. The van der Waals surface area contributed by atoms with Crippen molar-refractivity contribution < 1.29 is 43.3 Å². The van der Waals surface area contributed by atoms with Crippen LogP contribution in [0.3, 0.4) is 0 Å². The number of amides is 2. The smallest absolute Gasteiger partial charge is 0.330 e. The molecular formula is C19H26N2O9S. The summed E-state index contributed by atoms with van der Waals surface area (Å²) in [4.78, 5) is 57.6. The standard InChI is InChI=1S/C19H26N2O9S/c1-18(2)11-28-19(7-5-14(25)29-19)30-16(18)17(27)21-8-6-12(22)20-9-10-31-15(26)4-3-13(23)24/h3-4,16H,5-11H2,1-2H3,(H,20,22)(H,21,27)(H,23,24)/b4-3+/t16-,19?/m0/s1. The molecule has 12 heteroatoms. The van der Waals surface area contributed by atoms with Crippen LogP contribution in [0, 0.1) is 5.41 Å². The Labute approximate surface area is 183 Å². The van der Waals surface area contributed by atoms with Crippen LogP contribution in [0.4, 0.5) is 0 Å². The Morgan fingerprint density at radius 2 is 1.94 bits per heavy atom. The highest BCUT2D eigenvalue weighted by Crippen LogP contribution is 2.41. The normalized spacial score (nSPS) is 24.7. The predicted octanol–water partition coefficient (Wildman–Crippen LogP) is -0.0581. The van der Waals surface area contributed by atoms with Crippen LogP contribution in [-0.2, 0) is 38.2 Å². The van der Waals surface area contributed by atoms with Crippen LogP contribution in [0.25, 0.3) is 0 Å². The van der Waals surface area contributed by atoms with E-state index in [-0.39, 0.29) is 50.6 Å². The Morgan fingerprint density at radius 3 is 2.58 bits per heavy atom. The first-order valence-electron chi connectivity index (χ1n) is 9.69. The SMILES string of the molecule is CC1(C)COC2(CCC(=O)O2)O[C@H]1C(=O)NCCC(=O)NCCSC(=O)/C=C/C(=O)O. The van der Waals surface area contributed by atoms with Crippen molar-refractivity contribution in [1.82, 2.24) is 10.6 Å². The molecule has 3 N–H and O–H groups in total. The monoisotopic (exact) mass is 458 g/mol. The second-order valence-electron chi connectivity index (χ2n) is 7.66. The zero-order valence-corrected chi connectivity index (χ0v) is 18.1. The first-order valence-corrected chi connectivity index (χ1v) is 10.7. The molecule has 0 aliphatic carbocycles. The molecule has 0 aromatic carbocycles. The molecule has 2 aliphatic rings. The summed E-state index contributed by atoms with van der Waals surface area (Å²) in [6.07, 6.45) is 1.15. The van der Waals surface area contributed by atoms with Gasteiger partial charge in [-0.15, -0.1) is 0 Å². The van der Waals surface area contributed by atoms with E-state index in [9.17, 15) is 24.0 Å². The average molecular weight is 458 g/mol. The van der Waals surface area contributed by atoms with Crippen LogP contribution in [0.2, 0.25) is 0 Å². The summed E-state index contributed by atoms with van der Waals surface area (Å²) < 4.78 is 16.4. The van der Waals surface area contributed by atoms with Crippen molar-refractivity contribution in [2.24, 2.45) is 5.41 Å². The number of hydrogen-bond donors (Lipinski definition) is 3. The molecule has 2 saturated heterocycles. The predicted molar refractivity (Wildman–Crippen MR) is 108 cm³/mol. The number of ether oxygens (including phenoxy) is 3. The Hall–Kier alpha value is -2.44. The Morgan fingerprint density at radius 1 is 1.19 bits per heavy atom. The Bertz CT molecular complexity index is 767. The topological polar surface area (TPSA) is 157 Å². The maximum absolute atomic E-state index is 12.6. The molecule has 2 amide bonds. The molecule has 0 radical (unpaired) electrons.